The maximum absolute atomic E-state index is 13.0. The molecule has 0 aliphatic carbocycles. The van der Waals surface area contributed by atoms with E-state index in [0.717, 1.165) is 13.8 Å². The van der Waals surface area contributed by atoms with Crippen LogP contribution in [-0.4, -0.2) is 29.4 Å². The maximum Gasteiger partial charge on any atom is 0.409 e. The first-order chi connectivity index (χ1) is 10.0. The van der Waals surface area contributed by atoms with Crippen LogP contribution in [0.4, 0.5) is 18.0 Å². The van der Waals surface area contributed by atoms with Gasteiger partial charge < -0.3 is 15.2 Å². The topological polar surface area (TPSA) is 75.6 Å². The first-order valence-corrected chi connectivity index (χ1v) is 6.32. The summed E-state index contributed by atoms with van der Waals surface area (Å²) in [4.78, 5) is 22.5. The number of carbonyl (C=O) groups excluding carboxylic acids is 1. The molecule has 8 heteroatoms. The van der Waals surface area contributed by atoms with Crippen molar-refractivity contribution in [2.24, 2.45) is 5.41 Å². The van der Waals surface area contributed by atoms with Crippen LogP contribution in [-0.2, 0) is 16.1 Å². The third-order valence-corrected chi connectivity index (χ3v) is 3.08. The van der Waals surface area contributed by atoms with Crippen molar-refractivity contribution in [2.45, 2.75) is 32.7 Å². The molecular weight excluding hydrogens is 303 g/mol. The third kappa shape index (κ3) is 4.64. The van der Waals surface area contributed by atoms with Gasteiger partial charge in [-0.15, -0.1) is 0 Å². The van der Waals surface area contributed by atoms with Gasteiger partial charge in [-0.1, -0.05) is 30.3 Å². The van der Waals surface area contributed by atoms with Crippen molar-refractivity contribution in [3.63, 3.8) is 0 Å². The van der Waals surface area contributed by atoms with Gasteiger partial charge in [0.2, 0.25) is 0 Å². The van der Waals surface area contributed by atoms with E-state index in [1.54, 1.807) is 35.6 Å². The zero-order valence-electron chi connectivity index (χ0n) is 12.0. The highest BCUT2D eigenvalue weighted by molar-refractivity contribution is 5.76. The number of hydrogen-bond donors (Lipinski definition) is 2. The molecular formula is C14H16F3NO4. The largest absolute Gasteiger partial charge is 0.481 e. The minimum atomic E-state index is -4.92. The fourth-order valence-corrected chi connectivity index (χ4v) is 1.68. The molecule has 1 aromatic carbocycles. The number of halogens is 3. The number of carboxylic acid groups (broad SMARTS) is 1. The molecule has 0 aliphatic rings. The number of alkyl halides is 3. The summed E-state index contributed by atoms with van der Waals surface area (Å²) < 4.78 is 43.6. The highest BCUT2D eigenvalue weighted by Crippen LogP contribution is 2.34. The van der Waals surface area contributed by atoms with Crippen LogP contribution < -0.4 is 5.32 Å². The van der Waals surface area contributed by atoms with Crippen LogP contribution in [0.3, 0.4) is 0 Å². The van der Waals surface area contributed by atoms with Gasteiger partial charge in [-0.2, -0.15) is 13.2 Å². The first-order valence-electron chi connectivity index (χ1n) is 6.32. The molecule has 0 radical (unpaired) electrons. The van der Waals surface area contributed by atoms with Crippen molar-refractivity contribution in [2.75, 3.05) is 0 Å². The molecule has 1 rings (SSSR count). The summed E-state index contributed by atoms with van der Waals surface area (Å²) in [5.74, 6) is -1.68. The summed E-state index contributed by atoms with van der Waals surface area (Å²) in [6.07, 6.45) is -6.26. The number of ether oxygens (including phenoxy) is 1. The van der Waals surface area contributed by atoms with E-state index in [-0.39, 0.29) is 6.61 Å². The normalized spacial score (nSPS) is 13.3. The van der Waals surface area contributed by atoms with Crippen LogP contribution >= 0.6 is 0 Å². The molecule has 0 bridgehead atoms. The van der Waals surface area contributed by atoms with Gasteiger partial charge >= 0.3 is 18.2 Å². The number of aliphatic carboxylic acids is 1. The van der Waals surface area contributed by atoms with Crippen LogP contribution in [0.1, 0.15) is 19.4 Å². The average molecular weight is 319 g/mol. The zero-order valence-corrected chi connectivity index (χ0v) is 12.0. The molecule has 0 spiro atoms. The van der Waals surface area contributed by atoms with Crippen molar-refractivity contribution < 1.29 is 32.6 Å². The Bertz CT molecular complexity index is 529. The molecule has 0 aromatic heterocycles. The molecule has 0 unspecified atom stereocenters. The standard InChI is InChI=1S/C14H16F3NO4/c1-13(2,11(19)20)10(14(15,16)17)18-12(21)22-8-9-6-4-3-5-7-9/h3-7,10H,8H2,1-2H3,(H,18,21)(H,19,20)/t10-/m1/s1. The Kier molecular flexibility index (Phi) is 5.40. The maximum atomic E-state index is 13.0. The third-order valence-electron chi connectivity index (χ3n) is 3.08. The Morgan fingerprint density at radius 2 is 1.77 bits per heavy atom. The van der Waals surface area contributed by atoms with Gasteiger partial charge in [-0.05, 0) is 19.4 Å². The van der Waals surface area contributed by atoms with E-state index < -0.39 is 29.7 Å². The van der Waals surface area contributed by atoms with Gasteiger partial charge in [0.15, 0.2) is 0 Å². The average Bonchev–Trinajstić information content (AvgIpc) is 2.42. The summed E-state index contributed by atoms with van der Waals surface area (Å²) in [6.45, 7) is 1.54. The van der Waals surface area contributed by atoms with E-state index in [2.05, 4.69) is 4.74 Å². The minimum Gasteiger partial charge on any atom is -0.481 e. The number of hydrogen-bond acceptors (Lipinski definition) is 3. The van der Waals surface area contributed by atoms with Crippen LogP contribution in [0.25, 0.3) is 0 Å². The molecule has 122 valence electrons. The fourth-order valence-electron chi connectivity index (χ4n) is 1.68. The number of rotatable bonds is 5. The van der Waals surface area contributed by atoms with Crippen molar-refractivity contribution in [3.05, 3.63) is 35.9 Å². The minimum absolute atomic E-state index is 0.218. The van der Waals surface area contributed by atoms with Crippen LogP contribution in [0.15, 0.2) is 30.3 Å². The van der Waals surface area contributed by atoms with Crippen LogP contribution in [0.2, 0.25) is 0 Å². The summed E-state index contributed by atoms with van der Waals surface area (Å²) in [5.41, 5.74) is -1.64. The second-order valence-electron chi connectivity index (χ2n) is 5.21. The summed E-state index contributed by atoms with van der Waals surface area (Å²) in [5, 5.41) is 10.5. The van der Waals surface area contributed by atoms with Gasteiger partial charge in [-0.25, -0.2) is 4.79 Å². The Labute approximate surface area is 125 Å². The SMILES string of the molecule is CC(C)(C(=O)O)[C@@H](NC(=O)OCc1ccccc1)C(F)(F)F. The number of carbonyl (C=O) groups is 2. The summed E-state index contributed by atoms with van der Waals surface area (Å²) in [6, 6.07) is 5.80. The van der Waals surface area contributed by atoms with E-state index in [4.69, 9.17) is 5.11 Å². The molecule has 5 nitrogen and oxygen atoms in total. The lowest BCUT2D eigenvalue weighted by molar-refractivity contribution is -0.190. The highest BCUT2D eigenvalue weighted by Gasteiger charge is 2.54. The van der Waals surface area contributed by atoms with Gasteiger partial charge in [0, 0.05) is 0 Å². The fraction of sp³-hybridized carbons (Fsp3) is 0.429. The van der Waals surface area contributed by atoms with Gasteiger partial charge in [0.05, 0.1) is 5.41 Å². The number of carboxylic acids is 1. The van der Waals surface area contributed by atoms with Gasteiger partial charge in [0.1, 0.15) is 12.6 Å². The molecule has 1 atom stereocenters. The Hall–Kier alpha value is -2.25. The Balaban J connectivity index is 2.74. The monoisotopic (exact) mass is 319 g/mol. The molecule has 0 fully saturated rings. The Morgan fingerprint density at radius 3 is 2.23 bits per heavy atom. The predicted molar refractivity (Wildman–Crippen MR) is 71.0 cm³/mol. The van der Waals surface area contributed by atoms with E-state index in [0.29, 0.717) is 5.56 Å². The lowest BCUT2D eigenvalue weighted by atomic mass is 9.84. The smallest absolute Gasteiger partial charge is 0.409 e. The molecule has 0 saturated heterocycles. The number of benzene rings is 1. The second-order valence-corrected chi connectivity index (χ2v) is 5.21. The number of alkyl carbamates (subject to hydrolysis) is 1. The van der Waals surface area contributed by atoms with E-state index in [9.17, 15) is 22.8 Å². The van der Waals surface area contributed by atoms with Crippen molar-refractivity contribution >= 4 is 12.1 Å². The second kappa shape index (κ2) is 6.67. The number of nitrogens with one attached hydrogen (secondary N) is 1. The lowest BCUT2D eigenvalue weighted by Gasteiger charge is -2.32. The summed E-state index contributed by atoms with van der Waals surface area (Å²) in [7, 11) is 0. The zero-order chi connectivity index (χ0) is 17.0. The molecule has 0 aliphatic heterocycles. The van der Waals surface area contributed by atoms with Crippen molar-refractivity contribution in [3.8, 4) is 0 Å². The first kappa shape index (κ1) is 17.8. The molecule has 1 amide bonds. The molecule has 2 N–H and O–H groups in total. The molecule has 0 heterocycles. The van der Waals surface area contributed by atoms with Crippen molar-refractivity contribution in [1.82, 2.24) is 5.32 Å². The number of amides is 1. The van der Waals surface area contributed by atoms with E-state index >= 15 is 0 Å². The van der Waals surface area contributed by atoms with Gasteiger partial charge in [-0.3, -0.25) is 4.79 Å². The van der Waals surface area contributed by atoms with Crippen molar-refractivity contribution in [1.29, 1.82) is 0 Å². The summed E-state index contributed by atoms with van der Waals surface area (Å²) >= 11 is 0. The molecule has 22 heavy (non-hydrogen) atoms. The van der Waals surface area contributed by atoms with E-state index in [1.165, 1.54) is 0 Å². The lowest BCUT2D eigenvalue weighted by Crippen LogP contribution is -2.57. The predicted octanol–water partition coefficient (Wildman–Crippen LogP) is 2.95. The van der Waals surface area contributed by atoms with Crippen LogP contribution in [0, 0.1) is 5.41 Å². The molecule has 1 aromatic rings. The van der Waals surface area contributed by atoms with Crippen LogP contribution in [0.5, 0.6) is 0 Å². The van der Waals surface area contributed by atoms with E-state index in [1.807, 2.05) is 0 Å². The van der Waals surface area contributed by atoms with Gasteiger partial charge in [0.25, 0.3) is 0 Å². The quantitative estimate of drug-likeness (QED) is 0.875. The highest BCUT2D eigenvalue weighted by atomic mass is 19.4. The molecule has 0 saturated carbocycles. The Morgan fingerprint density at radius 1 is 1.23 bits per heavy atom.